The molecule has 0 bridgehead atoms. The molecule has 3 amide bonds. The maximum atomic E-state index is 11.7. The first-order chi connectivity index (χ1) is 6.66. The fourth-order valence-electron chi connectivity index (χ4n) is 1.72. The second kappa shape index (κ2) is 3.08. The normalized spacial score (nSPS) is 27.4. The average molecular weight is 196 g/mol. The van der Waals surface area contributed by atoms with Crippen LogP contribution in [0, 0.1) is 0 Å². The van der Waals surface area contributed by atoms with Crippen molar-refractivity contribution in [3.8, 4) is 0 Å². The van der Waals surface area contributed by atoms with Crippen LogP contribution in [-0.2, 0) is 9.59 Å². The third-order valence-electron chi connectivity index (χ3n) is 2.70. The van der Waals surface area contributed by atoms with Gasteiger partial charge in [-0.1, -0.05) is 0 Å². The maximum absolute atomic E-state index is 11.7. The molecule has 1 saturated carbocycles. The van der Waals surface area contributed by atoms with Gasteiger partial charge in [0, 0.05) is 6.04 Å². The molecular weight excluding hydrogens is 184 g/mol. The SMILES string of the molecule is CC1C(=O)N(C2CC2)C(=O)N1CC=O. The number of hydrogen-bond acceptors (Lipinski definition) is 3. The molecule has 1 aliphatic carbocycles. The first-order valence-electron chi connectivity index (χ1n) is 4.74. The van der Waals surface area contributed by atoms with Crippen molar-refractivity contribution in [3.63, 3.8) is 0 Å². The molecule has 1 saturated heterocycles. The number of aldehydes is 1. The summed E-state index contributed by atoms with van der Waals surface area (Å²) in [6.45, 7) is 1.67. The Bertz CT molecular complexity index is 298. The van der Waals surface area contributed by atoms with Crippen molar-refractivity contribution < 1.29 is 14.4 Å². The summed E-state index contributed by atoms with van der Waals surface area (Å²) in [7, 11) is 0. The molecular formula is C9H12N2O3. The molecule has 2 aliphatic rings. The second-order valence-corrected chi connectivity index (χ2v) is 3.72. The number of hydrogen-bond donors (Lipinski definition) is 0. The van der Waals surface area contributed by atoms with E-state index in [1.807, 2.05) is 0 Å². The monoisotopic (exact) mass is 196 g/mol. The number of nitrogens with zero attached hydrogens (tertiary/aromatic N) is 2. The van der Waals surface area contributed by atoms with Crippen LogP contribution in [0.5, 0.6) is 0 Å². The van der Waals surface area contributed by atoms with Gasteiger partial charge in [0.2, 0.25) is 0 Å². The molecule has 5 heteroatoms. The smallest absolute Gasteiger partial charge is 0.305 e. The van der Waals surface area contributed by atoms with Gasteiger partial charge < -0.3 is 9.69 Å². The summed E-state index contributed by atoms with van der Waals surface area (Å²) in [5.74, 6) is -0.167. The van der Waals surface area contributed by atoms with Crippen molar-refractivity contribution in [2.75, 3.05) is 6.54 Å². The Morgan fingerprint density at radius 2 is 2.07 bits per heavy atom. The Labute approximate surface area is 81.7 Å². The minimum atomic E-state index is -0.478. The summed E-state index contributed by atoms with van der Waals surface area (Å²) in [6, 6.07) is -0.695. The molecule has 1 aliphatic heterocycles. The number of carbonyl (C=O) groups excluding carboxylic acids is 3. The van der Waals surface area contributed by atoms with E-state index in [1.165, 1.54) is 9.80 Å². The molecule has 1 heterocycles. The quantitative estimate of drug-likeness (QED) is 0.471. The summed E-state index contributed by atoms with van der Waals surface area (Å²) < 4.78 is 0. The van der Waals surface area contributed by atoms with Gasteiger partial charge in [0.05, 0.1) is 6.54 Å². The van der Waals surface area contributed by atoms with Crippen molar-refractivity contribution in [3.05, 3.63) is 0 Å². The van der Waals surface area contributed by atoms with Crippen molar-refractivity contribution >= 4 is 18.2 Å². The fraction of sp³-hybridized carbons (Fsp3) is 0.667. The third-order valence-corrected chi connectivity index (χ3v) is 2.70. The highest BCUT2D eigenvalue weighted by molar-refractivity contribution is 6.05. The number of urea groups is 1. The molecule has 0 N–H and O–H groups in total. The zero-order valence-electron chi connectivity index (χ0n) is 7.97. The highest BCUT2D eigenvalue weighted by Gasteiger charge is 2.48. The molecule has 0 aromatic carbocycles. The third kappa shape index (κ3) is 1.20. The molecule has 0 radical (unpaired) electrons. The van der Waals surface area contributed by atoms with Gasteiger partial charge in [-0.2, -0.15) is 0 Å². The van der Waals surface area contributed by atoms with E-state index < -0.39 is 6.04 Å². The first-order valence-corrected chi connectivity index (χ1v) is 4.74. The molecule has 76 valence electrons. The van der Waals surface area contributed by atoms with Crippen LogP contribution in [-0.4, -0.2) is 46.7 Å². The highest BCUT2D eigenvalue weighted by atomic mass is 16.2. The summed E-state index contributed by atoms with van der Waals surface area (Å²) in [4.78, 5) is 36.2. The van der Waals surface area contributed by atoms with Crippen molar-refractivity contribution in [2.24, 2.45) is 0 Å². The van der Waals surface area contributed by atoms with E-state index in [0.29, 0.717) is 6.29 Å². The summed E-state index contributed by atoms with van der Waals surface area (Å²) in [5, 5.41) is 0. The van der Waals surface area contributed by atoms with Crippen LogP contribution in [0.4, 0.5) is 4.79 Å². The summed E-state index contributed by atoms with van der Waals surface area (Å²) in [5.41, 5.74) is 0. The minimum absolute atomic E-state index is 0.00889. The molecule has 0 aromatic rings. The van der Waals surface area contributed by atoms with Crippen molar-refractivity contribution in [2.45, 2.75) is 31.8 Å². The Kier molecular flexibility index (Phi) is 2.02. The maximum Gasteiger partial charge on any atom is 0.328 e. The van der Waals surface area contributed by atoms with Gasteiger partial charge in [-0.25, -0.2) is 4.79 Å². The van der Waals surface area contributed by atoms with Crippen LogP contribution in [0.15, 0.2) is 0 Å². The Hall–Kier alpha value is -1.39. The molecule has 1 unspecified atom stereocenters. The highest BCUT2D eigenvalue weighted by Crippen LogP contribution is 2.32. The van der Waals surface area contributed by atoms with E-state index in [4.69, 9.17) is 0 Å². The van der Waals surface area contributed by atoms with Gasteiger partial charge in [0.25, 0.3) is 5.91 Å². The van der Waals surface area contributed by atoms with E-state index in [1.54, 1.807) is 6.92 Å². The standard InChI is InChI=1S/C9H12N2O3/c1-6-8(13)11(7-2-3-7)9(14)10(6)4-5-12/h5-7H,2-4H2,1H3. The van der Waals surface area contributed by atoms with Gasteiger partial charge >= 0.3 is 6.03 Å². The van der Waals surface area contributed by atoms with Crippen molar-refractivity contribution in [1.29, 1.82) is 0 Å². The van der Waals surface area contributed by atoms with E-state index in [0.717, 1.165) is 12.8 Å². The largest absolute Gasteiger partial charge is 0.328 e. The molecule has 14 heavy (non-hydrogen) atoms. The van der Waals surface area contributed by atoms with Gasteiger partial charge in [-0.3, -0.25) is 9.69 Å². The van der Waals surface area contributed by atoms with Crippen LogP contribution in [0.1, 0.15) is 19.8 Å². The first kappa shape index (κ1) is 9.18. The van der Waals surface area contributed by atoms with Gasteiger partial charge in [-0.05, 0) is 19.8 Å². The van der Waals surface area contributed by atoms with Gasteiger partial charge in [-0.15, -0.1) is 0 Å². The predicted octanol–water partition coefficient (Wildman–Crippen LogP) is 0.000400. The lowest BCUT2D eigenvalue weighted by Crippen LogP contribution is -2.35. The minimum Gasteiger partial charge on any atom is -0.305 e. The number of imide groups is 1. The van der Waals surface area contributed by atoms with E-state index >= 15 is 0 Å². The van der Waals surface area contributed by atoms with Crippen LogP contribution in [0.2, 0.25) is 0 Å². The number of amides is 3. The Balaban J connectivity index is 2.18. The van der Waals surface area contributed by atoms with E-state index in [2.05, 4.69) is 0 Å². The van der Waals surface area contributed by atoms with E-state index in [9.17, 15) is 14.4 Å². The van der Waals surface area contributed by atoms with E-state index in [-0.39, 0.29) is 24.5 Å². The van der Waals surface area contributed by atoms with Crippen LogP contribution in [0.3, 0.4) is 0 Å². The fourth-order valence-corrected chi connectivity index (χ4v) is 1.72. The summed E-state index contributed by atoms with van der Waals surface area (Å²) in [6.07, 6.45) is 2.45. The molecule has 5 nitrogen and oxygen atoms in total. The zero-order valence-corrected chi connectivity index (χ0v) is 7.97. The average Bonchev–Trinajstić information content (AvgIpc) is 2.93. The van der Waals surface area contributed by atoms with Crippen LogP contribution < -0.4 is 0 Å². The van der Waals surface area contributed by atoms with Crippen LogP contribution >= 0.6 is 0 Å². The topological polar surface area (TPSA) is 57.7 Å². The van der Waals surface area contributed by atoms with Gasteiger partial charge in [0.1, 0.15) is 12.3 Å². The summed E-state index contributed by atoms with van der Waals surface area (Å²) >= 11 is 0. The molecule has 2 rings (SSSR count). The van der Waals surface area contributed by atoms with Crippen molar-refractivity contribution in [1.82, 2.24) is 9.80 Å². The van der Waals surface area contributed by atoms with Crippen LogP contribution in [0.25, 0.3) is 0 Å². The number of carbonyl (C=O) groups is 3. The molecule has 0 aromatic heterocycles. The van der Waals surface area contributed by atoms with Gasteiger partial charge in [0.15, 0.2) is 0 Å². The lowest BCUT2D eigenvalue weighted by atomic mass is 10.3. The zero-order chi connectivity index (χ0) is 10.3. The Morgan fingerprint density at radius 3 is 2.57 bits per heavy atom. The Morgan fingerprint density at radius 1 is 1.43 bits per heavy atom. The molecule has 1 atom stereocenters. The number of rotatable bonds is 3. The predicted molar refractivity (Wildman–Crippen MR) is 47.5 cm³/mol. The molecule has 0 spiro atoms. The second-order valence-electron chi connectivity index (χ2n) is 3.72. The lowest BCUT2D eigenvalue weighted by Gasteiger charge is -2.15. The lowest BCUT2D eigenvalue weighted by molar-refractivity contribution is -0.128. The molecule has 2 fully saturated rings.